The lowest BCUT2D eigenvalue weighted by atomic mass is 10.1. The SMILES string of the molecule is CCOCCn1c(=NC(=O)c2ccc(C(=O)OC)cc2)sc2cc(C(=O)OC)ccc21. The van der Waals surface area contributed by atoms with Crippen molar-refractivity contribution >= 4 is 39.4 Å². The van der Waals surface area contributed by atoms with E-state index in [-0.39, 0.29) is 0 Å². The smallest absolute Gasteiger partial charge is 0.337 e. The van der Waals surface area contributed by atoms with Gasteiger partial charge in [0.2, 0.25) is 0 Å². The molecule has 0 spiro atoms. The van der Waals surface area contributed by atoms with Gasteiger partial charge in [0.25, 0.3) is 5.91 Å². The molecule has 0 unspecified atom stereocenters. The molecule has 8 nitrogen and oxygen atoms in total. The van der Waals surface area contributed by atoms with E-state index in [0.29, 0.717) is 41.3 Å². The first-order valence-corrected chi connectivity index (χ1v) is 10.4. The Morgan fingerprint density at radius 1 is 0.935 bits per heavy atom. The third kappa shape index (κ3) is 5.07. The molecule has 0 aliphatic rings. The van der Waals surface area contributed by atoms with Gasteiger partial charge in [0, 0.05) is 18.7 Å². The van der Waals surface area contributed by atoms with Crippen LogP contribution in [0.4, 0.5) is 0 Å². The molecule has 31 heavy (non-hydrogen) atoms. The number of carbonyl (C=O) groups excluding carboxylic acids is 3. The maximum absolute atomic E-state index is 12.8. The Labute approximate surface area is 182 Å². The third-order valence-corrected chi connectivity index (χ3v) is 5.56. The van der Waals surface area contributed by atoms with Crippen molar-refractivity contribution in [1.29, 1.82) is 0 Å². The van der Waals surface area contributed by atoms with Gasteiger partial charge in [-0.1, -0.05) is 11.3 Å². The fourth-order valence-electron chi connectivity index (χ4n) is 2.94. The fraction of sp³-hybridized carbons (Fsp3) is 0.273. The van der Waals surface area contributed by atoms with E-state index in [1.54, 1.807) is 18.2 Å². The highest BCUT2D eigenvalue weighted by Crippen LogP contribution is 2.20. The molecule has 9 heteroatoms. The zero-order valence-corrected chi connectivity index (χ0v) is 18.2. The molecule has 1 aromatic heterocycles. The average Bonchev–Trinajstić information content (AvgIpc) is 3.14. The lowest BCUT2D eigenvalue weighted by molar-refractivity contribution is 0.0592. The first-order chi connectivity index (χ1) is 15.0. The van der Waals surface area contributed by atoms with E-state index < -0.39 is 17.8 Å². The highest BCUT2D eigenvalue weighted by molar-refractivity contribution is 7.16. The maximum Gasteiger partial charge on any atom is 0.337 e. The number of carbonyl (C=O) groups is 3. The molecule has 0 N–H and O–H groups in total. The van der Waals surface area contributed by atoms with Crippen LogP contribution >= 0.6 is 11.3 Å². The van der Waals surface area contributed by atoms with Crippen molar-refractivity contribution in [2.45, 2.75) is 13.5 Å². The van der Waals surface area contributed by atoms with Crippen molar-refractivity contribution in [3.05, 3.63) is 64.0 Å². The predicted molar refractivity (Wildman–Crippen MR) is 115 cm³/mol. The molecule has 3 rings (SSSR count). The van der Waals surface area contributed by atoms with Gasteiger partial charge in [-0.15, -0.1) is 0 Å². The van der Waals surface area contributed by atoms with Crippen LogP contribution in [0.5, 0.6) is 0 Å². The van der Waals surface area contributed by atoms with Crippen molar-refractivity contribution in [3.63, 3.8) is 0 Å². The first-order valence-electron chi connectivity index (χ1n) is 9.55. The van der Waals surface area contributed by atoms with Crippen LogP contribution in [0.25, 0.3) is 10.2 Å². The second-order valence-electron chi connectivity index (χ2n) is 6.39. The summed E-state index contributed by atoms with van der Waals surface area (Å²) < 4.78 is 17.6. The molecule has 1 amide bonds. The zero-order valence-electron chi connectivity index (χ0n) is 17.4. The standard InChI is InChI=1S/C22H22N2O6S/c1-4-30-12-11-24-17-10-9-16(21(27)29-3)13-18(17)31-22(24)23-19(25)14-5-7-15(8-6-14)20(26)28-2/h5-10,13H,4,11-12H2,1-3H3. The quantitative estimate of drug-likeness (QED) is 0.412. The van der Waals surface area contributed by atoms with Crippen molar-refractivity contribution in [3.8, 4) is 0 Å². The summed E-state index contributed by atoms with van der Waals surface area (Å²) in [6.45, 7) is 3.44. The second kappa shape index (κ2) is 10.1. The fourth-order valence-corrected chi connectivity index (χ4v) is 4.03. The number of amides is 1. The maximum atomic E-state index is 12.8. The number of rotatable bonds is 7. The zero-order chi connectivity index (χ0) is 22.4. The van der Waals surface area contributed by atoms with Crippen LogP contribution in [0.2, 0.25) is 0 Å². The van der Waals surface area contributed by atoms with Crippen LogP contribution in [0, 0.1) is 0 Å². The summed E-state index contributed by atoms with van der Waals surface area (Å²) in [4.78, 5) is 41.0. The normalized spacial score (nSPS) is 11.5. The number of hydrogen-bond acceptors (Lipinski definition) is 7. The molecule has 0 saturated heterocycles. The van der Waals surface area contributed by atoms with E-state index in [1.807, 2.05) is 11.5 Å². The summed E-state index contributed by atoms with van der Waals surface area (Å²) in [5.41, 5.74) is 1.95. The van der Waals surface area contributed by atoms with E-state index in [2.05, 4.69) is 9.73 Å². The number of aromatic nitrogens is 1. The molecule has 1 heterocycles. The molecule has 0 aliphatic heterocycles. The molecular weight excluding hydrogens is 420 g/mol. The highest BCUT2D eigenvalue weighted by atomic mass is 32.1. The monoisotopic (exact) mass is 442 g/mol. The van der Waals surface area contributed by atoms with Gasteiger partial charge < -0.3 is 18.8 Å². The highest BCUT2D eigenvalue weighted by Gasteiger charge is 2.13. The van der Waals surface area contributed by atoms with Crippen LogP contribution in [0.15, 0.2) is 47.5 Å². The Balaban J connectivity index is 2.02. The Kier molecular flexibility index (Phi) is 7.32. The topological polar surface area (TPSA) is 96.2 Å². The summed E-state index contributed by atoms with van der Waals surface area (Å²) in [7, 11) is 2.62. The summed E-state index contributed by atoms with van der Waals surface area (Å²) >= 11 is 1.30. The van der Waals surface area contributed by atoms with Crippen molar-refractivity contribution in [2.75, 3.05) is 27.4 Å². The summed E-state index contributed by atoms with van der Waals surface area (Å²) in [5.74, 6) is -1.35. The van der Waals surface area contributed by atoms with Gasteiger partial charge in [0.05, 0.1) is 42.2 Å². The van der Waals surface area contributed by atoms with Crippen LogP contribution < -0.4 is 4.80 Å². The second-order valence-corrected chi connectivity index (χ2v) is 7.40. The molecule has 162 valence electrons. The summed E-state index contributed by atoms with van der Waals surface area (Å²) in [6.07, 6.45) is 0. The number of nitrogens with zero attached hydrogens (tertiary/aromatic N) is 2. The number of ether oxygens (including phenoxy) is 3. The average molecular weight is 442 g/mol. The van der Waals surface area contributed by atoms with Gasteiger partial charge >= 0.3 is 11.9 Å². The molecule has 0 bridgehead atoms. The molecule has 0 atom stereocenters. The first kappa shape index (κ1) is 22.4. The molecule has 0 aliphatic carbocycles. The number of fused-ring (bicyclic) bond motifs is 1. The lowest BCUT2D eigenvalue weighted by Gasteiger charge is -2.06. The summed E-state index contributed by atoms with van der Waals surface area (Å²) in [6, 6.07) is 11.3. The molecular formula is C22H22N2O6S. The van der Waals surface area contributed by atoms with Crippen LogP contribution in [-0.4, -0.2) is 49.8 Å². The van der Waals surface area contributed by atoms with E-state index in [1.165, 1.54) is 49.8 Å². The van der Waals surface area contributed by atoms with Crippen LogP contribution in [0.1, 0.15) is 38.0 Å². The molecule has 0 fully saturated rings. The third-order valence-electron chi connectivity index (χ3n) is 4.52. The number of benzene rings is 2. The van der Waals surface area contributed by atoms with E-state index in [0.717, 1.165) is 10.2 Å². The van der Waals surface area contributed by atoms with Gasteiger partial charge in [0.1, 0.15) is 0 Å². The van der Waals surface area contributed by atoms with Gasteiger partial charge in [-0.3, -0.25) is 4.79 Å². The minimum Gasteiger partial charge on any atom is -0.465 e. The summed E-state index contributed by atoms with van der Waals surface area (Å²) in [5, 5.41) is 0. The Bertz CT molecular complexity index is 1180. The number of thiazole rings is 1. The Morgan fingerprint density at radius 3 is 2.19 bits per heavy atom. The van der Waals surface area contributed by atoms with Gasteiger partial charge in [-0.2, -0.15) is 4.99 Å². The van der Waals surface area contributed by atoms with Crippen molar-refractivity contribution in [1.82, 2.24) is 4.57 Å². The molecule has 3 aromatic rings. The van der Waals surface area contributed by atoms with Gasteiger partial charge in [0.15, 0.2) is 4.80 Å². The number of methoxy groups -OCH3 is 2. The van der Waals surface area contributed by atoms with Crippen LogP contribution in [0.3, 0.4) is 0 Å². The van der Waals surface area contributed by atoms with Crippen molar-refractivity contribution < 1.29 is 28.6 Å². The van der Waals surface area contributed by atoms with Crippen molar-refractivity contribution in [2.24, 2.45) is 4.99 Å². The molecule has 2 aromatic carbocycles. The molecule has 0 saturated carbocycles. The Morgan fingerprint density at radius 2 is 1.55 bits per heavy atom. The minimum atomic E-state index is -0.476. The molecule has 0 radical (unpaired) electrons. The van der Waals surface area contributed by atoms with E-state index in [4.69, 9.17) is 9.47 Å². The van der Waals surface area contributed by atoms with Crippen LogP contribution in [-0.2, 0) is 20.8 Å². The Hall–Kier alpha value is -3.30. The van der Waals surface area contributed by atoms with E-state index >= 15 is 0 Å². The number of esters is 2. The predicted octanol–water partition coefficient (Wildman–Crippen LogP) is 3.05. The van der Waals surface area contributed by atoms with Gasteiger partial charge in [-0.05, 0) is 49.4 Å². The lowest BCUT2D eigenvalue weighted by Crippen LogP contribution is -2.19. The number of hydrogen-bond donors (Lipinski definition) is 0. The minimum absolute atomic E-state index is 0.344. The van der Waals surface area contributed by atoms with Gasteiger partial charge in [-0.25, -0.2) is 9.59 Å². The van der Waals surface area contributed by atoms with E-state index in [9.17, 15) is 14.4 Å². The largest absolute Gasteiger partial charge is 0.465 e.